The number of nitrogens with one attached hydrogen (secondary N) is 1. The Morgan fingerprint density at radius 2 is 1.94 bits per heavy atom. The van der Waals surface area contributed by atoms with Crippen LogP contribution in [0.3, 0.4) is 0 Å². The molecule has 1 N–H and O–H groups in total. The molecule has 0 saturated carbocycles. The Kier molecular flexibility index (Phi) is 4.42. The first-order valence-electron chi connectivity index (χ1n) is 6.25. The highest BCUT2D eigenvalue weighted by Gasteiger charge is 2.17. The van der Waals surface area contributed by atoms with Gasteiger partial charge in [-0.25, -0.2) is 4.98 Å². The summed E-state index contributed by atoms with van der Waals surface area (Å²) in [7, 11) is 1.92. The van der Waals surface area contributed by atoms with E-state index in [1.165, 1.54) is 19.3 Å². The molecule has 94 valence electrons. The average molecular weight is 346 g/mol. The average Bonchev–Trinajstić information content (AvgIpc) is 2.40. The molecule has 0 amide bonds. The summed E-state index contributed by atoms with van der Waals surface area (Å²) in [6, 6.07) is 0. The number of hydrogen-bond donors (Lipinski definition) is 1. The van der Waals surface area contributed by atoms with Crippen LogP contribution >= 0.6 is 22.6 Å². The van der Waals surface area contributed by atoms with Crippen LogP contribution in [-0.2, 0) is 6.42 Å². The second kappa shape index (κ2) is 5.84. The van der Waals surface area contributed by atoms with Crippen LogP contribution in [0.5, 0.6) is 0 Å². The zero-order valence-corrected chi connectivity index (χ0v) is 12.6. The van der Waals surface area contributed by atoms with E-state index in [2.05, 4.69) is 44.7 Å². The van der Waals surface area contributed by atoms with Crippen LogP contribution in [0.25, 0.3) is 0 Å². The van der Waals surface area contributed by atoms with Crippen LogP contribution in [0.2, 0.25) is 0 Å². The summed E-state index contributed by atoms with van der Waals surface area (Å²) in [5, 5.41) is 3.16. The highest BCUT2D eigenvalue weighted by atomic mass is 127. The van der Waals surface area contributed by atoms with Crippen molar-refractivity contribution in [3.63, 3.8) is 0 Å². The molecular weight excluding hydrogens is 327 g/mol. The van der Waals surface area contributed by atoms with Gasteiger partial charge in [0, 0.05) is 20.1 Å². The van der Waals surface area contributed by atoms with Gasteiger partial charge in [0.05, 0.1) is 9.26 Å². The SMILES string of the molecule is CCc1nc(N2CCCCC2)nc(NC)c1I. The van der Waals surface area contributed by atoms with E-state index in [0.717, 1.165) is 40.5 Å². The van der Waals surface area contributed by atoms with E-state index in [9.17, 15) is 0 Å². The quantitative estimate of drug-likeness (QED) is 0.855. The summed E-state index contributed by atoms with van der Waals surface area (Å²) in [5.41, 5.74) is 1.14. The predicted octanol–water partition coefficient (Wildman–Crippen LogP) is 2.68. The van der Waals surface area contributed by atoms with Crippen LogP contribution in [-0.4, -0.2) is 30.1 Å². The van der Waals surface area contributed by atoms with E-state index < -0.39 is 0 Å². The first-order chi connectivity index (χ1) is 8.26. The third-order valence-corrected chi connectivity index (χ3v) is 4.25. The van der Waals surface area contributed by atoms with E-state index in [1.807, 2.05) is 7.05 Å². The normalized spacial score (nSPS) is 16.1. The molecule has 2 rings (SSSR count). The van der Waals surface area contributed by atoms with Gasteiger partial charge < -0.3 is 10.2 Å². The van der Waals surface area contributed by atoms with Crippen LogP contribution in [0.4, 0.5) is 11.8 Å². The zero-order valence-electron chi connectivity index (χ0n) is 10.5. The maximum atomic E-state index is 4.69. The molecule has 2 heterocycles. The lowest BCUT2D eigenvalue weighted by atomic mass is 10.1. The van der Waals surface area contributed by atoms with Gasteiger partial charge in [0.25, 0.3) is 0 Å². The van der Waals surface area contributed by atoms with E-state index >= 15 is 0 Å². The number of hydrogen-bond acceptors (Lipinski definition) is 4. The molecule has 0 unspecified atom stereocenters. The number of nitrogens with zero attached hydrogens (tertiary/aromatic N) is 3. The van der Waals surface area contributed by atoms with Gasteiger partial charge in [-0.2, -0.15) is 4.98 Å². The van der Waals surface area contributed by atoms with Gasteiger partial charge in [-0.1, -0.05) is 6.92 Å². The predicted molar refractivity (Wildman–Crippen MR) is 79.7 cm³/mol. The summed E-state index contributed by atoms with van der Waals surface area (Å²) in [6.45, 7) is 4.32. The minimum Gasteiger partial charge on any atom is -0.372 e. The van der Waals surface area contributed by atoms with E-state index in [4.69, 9.17) is 4.98 Å². The van der Waals surface area contributed by atoms with Crippen molar-refractivity contribution in [3.05, 3.63) is 9.26 Å². The Labute approximate surface area is 116 Å². The summed E-state index contributed by atoms with van der Waals surface area (Å²) in [5.74, 6) is 1.85. The molecule has 5 heteroatoms. The Balaban J connectivity index is 2.33. The van der Waals surface area contributed by atoms with Crippen molar-refractivity contribution >= 4 is 34.4 Å². The lowest BCUT2D eigenvalue weighted by Crippen LogP contribution is -2.31. The number of aryl methyl sites for hydroxylation is 1. The smallest absolute Gasteiger partial charge is 0.227 e. The molecule has 1 aromatic rings. The van der Waals surface area contributed by atoms with Crippen molar-refractivity contribution in [2.75, 3.05) is 30.4 Å². The summed E-state index contributed by atoms with van der Waals surface area (Å²) < 4.78 is 1.15. The first-order valence-corrected chi connectivity index (χ1v) is 7.33. The van der Waals surface area contributed by atoms with Gasteiger partial charge in [-0.15, -0.1) is 0 Å². The molecule has 17 heavy (non-hydrogen) atoms. The Bertz CT molecular complexity index is 363. The topological polar surface area (TPSA) is 41.1 Å². The van der Waals surface area contributed by atoms with Crippen molar-refractivity contribution in [3.8, 4) is 0 Å². The summed E-state index contributed by atoms with van der Waals surface area (Å²) in [6.07, 6.45) is 4.80. The van der Waals surface area contributed by atoms with Gasteiger partial charge in [-0.3, -0.25) is 0 Å². The Morgan fingerprint density at radius 1 is 1.24 bits per heavy atom. The fourth-order valence-corrected chi connectivity index (χ4v) is 3.01. The molecule has 0 bridgehead atoms. The molecule has 0 atom stereocenters. The minimum atomic E-state index is 0.895. The zero-order chi connectivity index (χ0) is 12.3. The number of halogens is 1. The second-order valence-electron chi connectivity index (χ2n) is 4.28. The third-order valence-electron chi connectivity index (χ3n) is 3.12. The summed E-state index contributed by atoms with van der Waals surface area (Å²) in [4.78, 5) is 11.6. The number of anilines is 2. The minimum absolute atomic E-state index is 0.895. The molecule has 0 spiro atoms. The number of aromatic nitrogens is 2. The molecule has 0 radical (unpaired) electrons. The lowest BCUT2D eigenvalue weighted by molar-refractivity contribution is 0.567. The van der Waals surface area contributed by atoms with Crippen LogP contribution in [0.1, 0.15) is 31.9 Å². The van der Waals surface area contributed by atoms with E-state index in [-0.39, 0.29) is 0 Å². The fraction of sp³-hybridized carbons (Fsp3) is 0.667. The highest BCUT2D eigenvalue weighted by Crippen LogP contribution is 2.24. The van der Waals surface area contributed by atoms with Crippen molar-refractivity contribution in [1.82, 2.24) is 9.97 Å². The summed E-state index contributed by atoms with van der Waals surface area (Å²) >= 11 is 2.32. The molecule has 0 aliphatic carbocycles. The molecule has 1 aromatic heterocycles. The lowest BCUT2D eigenvalue weighted by Gasteiger charge is -2.27. The van der Waals surface area contributed by atoms with Gasteiger partial charge in [0.2, 0.25) is 5.95 Å². The van der Waals surface area contributed by atoms with Crippen molar-refractivity contribution in [2.24, 2.45) is 0 Å². The van der Waals surface area contributed by atoms with Crippen molar-refractivity contribution in [2.45, 2.75) is 32.6 Å². The number of rotatable bonds is 3. The van der Waals surface area contributed by atoms with Gasteiger partial charge >= 0.3 is 0 Å². The van der Waals surface area contributed by atoms with Crippen molar-refractivity contribution < 1.29 is 0 Å². The van der Waals surface area contributed by atoms with Gasteiger partial charge in [-0.05, 0) is 48.3 Å². The third kappa shape index (κ3) is 2.81. The van der Waals surface area contributed by atoms with E-state index in [0.29, 0.717) is 0 Å². The van der Waals surface area contributed by atoms with Crippen LogP contribution in [0, 0.1) is 3.57 Å². The number of piperidine rings is 1. The molecule has 1 saturated heterocycles. The highest BCUT2D eigenvalue weighted by molar-refractivity contribution is 14.1. The Morgan fingerprint density at radius 3 is 2.53 bits per heavy atom. The fourth-order valence-electron chi connectivity index (χ4n) is 2.12. The molecule has 0 aromatic carbocycles. The largest absolute Gasteiger partial charge is 0.372 e. The molecule has 1 aliphatic rings. The Hall–Kier alpha value is -0.590. The molecule has 4 nitrogen and oxygen atoms in total. The first kappa shape index (κ1) is 12.9. The molecule has 1 fully saturated rings. The van der Waals surface area contributed by atoms with Gasteiger partial charge in [0.1, 0.15) is 5.82 Å². The van der Waals surface area contributed by atoms with Crippen molar-refractivity contribution in [1.29, 1.82) is 0 Å². The van der Waals surface area contributed by atoms with Crippen LogP contribution < -0.4 is 10.2 Å². The van der Waals surface area contributed by atoms with Gasteiger partial charge in [0.15, 0.2) is 0 Å². The molecule has 1 aliphatic heterocycles. The molecular formula is C12H19IN4. The maximum Gasteiger partial charge on any atom is 0.227 e. The van der Waals surface area contributed by atoms with Crippen LogP contribution in [0.15, 0.2) is 0 Å². The standard InChI is InChI=1S/C12H19IN4/c1-3-9-10(13)11(14-2)16-12(15-9)17-7-5-4-6-8-17/h3-8H2,1-2H3,(H,14,15,16). The second-order valence-corrected chi connectivity index (χ2v) is 5.36. The van der Waals surface area contributed by atoms with E-state index in [1.54, 1.807) is 0 Å². The monoisotopic (exact) mass is 346 g/mol. The maximum absolute atomic E-state index is 4.69.